The van der Waals surface area contributed by atoms with E-state index in [4.69, 9.17) is 4.74 Å². The highest BCUT2D eigenvalue weighted by molar-refractivity contribution is 7.89. The van der Waals surface area contributed by atoms with Gasteiger partial charge in [-0.1, -0.05) is 48.5 Å². The average Bonchev–Trinajstić information content (AvgIpc) is 2.96. The van der Waals surface area contributed by atoms with Gasteiger partial charge in [0.15, 0.2) is 0 Å². The van der Waals surface area contributed by atoms with Gasteiger partial charge in [0.1, 0.15) is 6.61 Å². The van der Waals surface area contributed by atoms with Gasteiger partial charge in [0.05, 0.1) is 4.90 Å². The Morgan fingerprint density at radius 3 is 2.15 bits per heavy atom. The summed E-state index contributed by atoms with van der Waals surface area (Å²) in [6.45, 7) is 2.41. The Morgan fingerprint density at radius 1 is 0.923 bits per heavy atom. The monoisotopic (exact) mass is 555 g/mol. The van der Waals surface area contributed by atoms with Crippen LogP contribution in [0.5, 0.6) is 0 Å². The smallest absolute Gasteiger partial charge is 0.246 e. The summed E-state index contributed by atoms with van der Waals surface area (Å²) >= 11 is 0. The Labute approximate surface area is 235 Å². The number of carbonyl (C=O) groups excluding carboxylic acids is 1. The van der Waals surface area contributed by atoms with Gasteiger partial charge in [-0.05, 0) is 94.5 Å². The number of rotatable bonds is 12. The molecule has 1 amide bonds. The van der Waals surface area contributed by atoms with Crippen LogP contribution in [0.15, 0.2) is 65.6 Å². The molecule has 4 rings (SSSR count). The minimum Gasteiger partial charge on any atom is -0.372 e. The summed E-state index contributed by atoms with van der Waals surface area (Å²) in [6, 6.07) is 19.9. The van der Waals surface area contributed by atoms with E-state index < -0.39 is 10.0 Å². The Balaban J connectivity index is 1.08. The molecular formula is C31H45N3O4S. The largest absolute Gasteiger partial charge is 0.372 e. The molecule has 0 spiro atoms. The summed E-state index contributed by atoms with van der Waals surface area (Å²) in [5.74, 6) is 1.55. The van der Waals surface area contributed by atoms with Crippen LogP contribution in [-0.2, 0) is 19.6 Å². The van der Waals surface area contributed by atoms with Crippen LogP contribution in [-0.4, -0.2) is 70.5 Å². The molecule has 1 atom stereocenters. The van der Waals surface area contributed by atoms with Crippen LogP contribution in [0.2, 0.25) is 0 Å². The van der Waals surface area contributed by atoms with E-state index in [0.717, 1.165) is 38.6 Å². The van der Waals surface area contributed by atoms with Crippen molar-refractivity contribution in [3.8, 4) is 0 Å². The van der Waals surface area contributed by atoms with Gasteiger partial charge >= 0.3 is 0 Å². The lowest BCUT2D eigenvalue weighted by Gasteiger charge is -2.37. The van der Waals surface area contributed by atoms with E-state index in [0.29, 0.717) is 48.4 Å². The Morgan fingerprint density at radius 2 is 1.54 bits per heavy atom. The lowest BCUT2D eigenvalue weighted by molar-refractivity contribution is -0.126. The molecule has 1 saturated heterocycles. The van der Waals surface area contributed by atoms with E-state index in [1.807, 2.05) is 6.07 Å². The molecule has 1 N–H and O–H groups in total. The number of piperidine rings is 1. The Hall–Kier alpha value is -2.26. The molecule has 39 heavy (non-hydrogen) atoms. The van der Waals surface area contributed by atoms with E-state index in [9.17, 15) is 13.2 Å². The average molecular weight is 556 g/mol. The minimum absolute atomic E-state index is 0.0450. The van der Waals surface area contributed by atoms with Crippen LogP contribution < -0.4 is 5.32 Å². The van der Waals surface area contributed by atoms with Crippen LogP contribution in [0.4, 0.5) is 0 Å². The lowest BCUT2D eigenvalue weighted by atomic mass is 9.76. The molecule has 2 aromatic rings. The predicted molar refractivity (Wildman–Crippen MR) is 155 cm³/mol. The van der Waals surface area contributed by atoms with Gasteiger partial charge in [-0.2, -0.15) is 4.31 Å². The van der Waals surface area contributed by atoms with Crippen LogP contribution in [0.3, 0.4) is 0 Å². The molecule has 2 aliphatic rings. The normalized spacial score (nSPS) is 22.0. The minimum atomic E-state index is -3.41. The number of amides is 1. The van der Waals surface area contributed by atoms with Crippen molar-refractivity contribution in [2.24, 2.45) is 17.8 Å². The van der Waals surface area contributed by atoms with Crippen LogP contribution >= 0.6 is 0 Å². The van der Waals surface area contributed by atoms with E-state index in [-0.39, 0.29) is 12.5 Å². The molecule has 1 aliphatic heterocycles. The highest BCUT2D eigenvalue weighted by Gasteiger charge is 2.31. The third-order valence-electron chi connectivity index (χ3n) is 8.48. The third-order valence-corrected chi connectivity index (χ3v) is 10.4. The molecule has 2 fully saturated rings. The summed E-state index contributed by atoms with van der Waals surface area (Å²) in [5.41, 5.74) is 1.39. The SMILES string of the molecule is CN(C)C(c1ccccc1)C1CCC(CNC(=O)COCCC2CCN(S(=O)(=O)c3ccccc3)CC2)CC1. The summed E-state index contributed by atoms with van der Waals surface area (Å²) in [5, 5.41) is 3.08. The molecule has 1 aliphatic carbocycles. The maximum Gasteiger partial charge on any atom is 0.246 e. The van der Waals surface area contributed by atoms with Crippen LogP contribution in [0.25, 0.3) is 0 Å². The molecule has 0 aromatic heterocycles. The Bertz CT molecular complexity index is 1110. The van der Waals surface area contributed by atoms with Crippen molar-refractivity contribution in [1.82, 2.24) is 14.5 Å². The number of carbonyl (C=O) groups is 1. The van der Waals surface area contributed by atoms with E-state index in [1.165, 1.54) is 18.4 Å². The molecule has 1 heterocycles. The second kappa shape index (κ2) is 14.4. The number of hydrogen-bond donors (Lipinski definition) is 1. The molecule has 2 aromatic carbocycles. The second-order valence-corrected chi connectivity index (χ2v) is 13.3. The second-order valence-electron chi connectivity index (χ2n) is 11.4. The van der Waals surface area contributed by atoms with Gasteiger partial charge in [-0.25, -0.2) is 8.42 Å². The standard InChI is InChI=1S/C31H45N3O4S/c1-33(2)31(27-9-5-3-6-10-27)28-15-13-26(14-16-28)23-32-30(35)24-38-22-19-25-17-20-34(21-18-25)39(36,37)29-11-7-4-8-12-29/h3-12,25-26,28,31H,13-24H2,1-2H3,(H,32,35). The summed E-state index contributed by atoms with van der Waals surface area (Å²) < 4.78 is 32.8. The first-order valence-electron chi connectivity index (χ1n) is 14.5. The lowest BCUT2D eigenvalue weighted by Crippen LogP contribution is -2.38. The van der Waals surface area contributed by atoms with Crippen LogP contribution in [0, 0.1) is 17.8 Å². The quantitative estimate of drug-likeness (QED) is 0.384. The number of hydrogen-bond acceptors (Lipinski definition) is 5. The predicted octanol–water partition coefficient (Wildman–Crippen LogP) is 4.72. The van der Waals surface area contributed by atoms with Crippen molar-refractivity contribution >= 4 is 15.9 Å². The first-order chi connectivity index (χ1) is 18.8. The van der Waals surface area contributed by atoms with Crippen molar-refractivity contribution in [1.29, 1.82) is 0 Å². The zero-order chi connectivity index (χ0) is 27.7. The highest BCUT2D eigenvalue weighted by atomic mass is 32.2. The van der Waals surface area contributed by atoms with E-state index in [2.05, 4.69) is 54.6 Å². The van der Waals surface area contributed by atoms with Gasteiger partial charge in [0.25, 0.3) is 0 Å². The molecule has 0 bridgehead atoms. The summed E-state index contributed by atoms with van der Waals surface area (Å²) in [4.78, 5) is 15.1. The van der Waals surface area contributed by atoms with E-state index >= 15 is 0 Å². The molecule has 0 radical (unpaired) electrons. The first kappa shape index (κ1) is 29.7. The Kier molecular flexibility index (Phi) is 11.0. The van der Waals surface area contributed by atoms with Gasteiger partial charge < -0.3 is 15.0 Å². The number of ether oxygens (including phenoxy) is 1. The zero-order valence-electron chi connectivity index (χ0n) is 23.5. The van der Waals surface area contributed by atoms with Crippen LogP contribution in [0.1, 0.15) is 56.6 Å². The molecule has 1 saturated carbocycles. The number of nitrogens with zero attached hydrogens (tertiary/aromatic N) is 2. The number of benzene rings is 2. The molecule has 8 heteroatoms. The van der Waals surface area contributed by atoms with Gasteiger partial charge in [-0.3, -0.25) is 4.79 Å². The maximum absolute atomic E-state index is 12.8. The fourth-order valence-electron chi connectivity index (χ4n) is 6.25. The van der Waals surface area contributed by atoms with Crippen molar-refractivity contribution in [2.75, 3.05) is 46.9 Å². The molecule has 1 unspecified atom stereocenters. The third kappa shape index (κ3) is 8.37. The topological polar surface area (TPSA) is 79.0 Å². The molecule has 7 nitrogen and oxygen atoms in total. The summed E-state index contributed by atoms with van der Waals surface area (Å²) in [7, 11) is 0.925. The fourth-order valence-corrected chi connectivity index (χ4v) is 7.74. The number of nitrogens with one attached hydrogen (secondary N) is 1. The molecular weight excluding hydrogens is 510 g/mol. The van der Waals surface area contributed by atoms with Gasteiger partial charge in [0, 0.05) is 32.3 Å². The number of sulfonamides is 1. The highest BCUT2D eigenvalue weighted by Crippen LogP contribution is 2.39. The van der Waals surface area contributed by atoms with Crippen molar-refractivity contribution < 1.29 is 17.9 Å². The summed E-state index contributed by atoms with van der Waals surface area (Å²) in [6.07, 6.45) is 7.14. The van der Waals surface area contributed by atoms with Crippen molar-refractivity contribution in [3.63, 3.8) is 0 Å². The van der Waals surface area contributed by atoms with Gasteiger partial charge in [0.2, 0.25) is 15.9 Å². The van der Waals surface area contributed by atoms with Gasteiger partial charge in [-0.15, -0.1) is 0 Å². The van der Waals surface area contributed by atoms with Crippen molar-refractivity contribution in [3.05, 3.63) is 66.2 Å². The zero-order valence-corrected chi connectivity index (χ0v) is 24.3. The fraction of sp³-hybridized carbons (Fsp3) is 0.581. The maximum atomic E-state index is 12.8. The van der Waals surface area contributed by atoms with Crippen molar-refractivity contribution in [2.45, 2.75) is 55.9 Å². The first-order valence-corrected chi connectivity index (χ1v) is 15.9. The van der Waals surface area contributed by atoms with E-state index in [1.54, 1.807) is 28.6 Å². The molecule has 214 valence electrons.